The predicted octanol–water partition coefficient (Wildman–Crippen LogP) is 13.3. The minimum Gasteiger partial charge on any atom is -0.312 e. The lowest BCUT2D eigenvalue weighted by Gasteiger charge is -2.27. The Morgan fingerprint density at radius 3 is 1.81 bits per heavy atom. The molecule has 0 aliphatic heterocycles. The second-order valence-corrected chi connectivity index (χ2v) is 15.2. The average Bonchev–Trinajstić information content (AvgIpc) is 3.30. The lowest BCUT2D eigenvalue weighted by molar-refractivity contribution is 0.386. The van der Waals surface area contributed by atoms with E-state index in [1.807, 2.05) is 6.07 Å². The molecule has 58 heavy (non-hydrogen) atoms. The third-order valence-corrected chi connectivity index (χ3v) is 11.6. The van der Waals surface area contributed by atoms with E-state index >= 15 is 0 Å². The van der Waals surface area contributed by atoms with Crippen molar-refractivity contribution in [1.82, 2.24) is 10.6 Å². The van der Waals surface area contributed by atoms with Gasteiger partial charge < -0.3 is 5.73 Å². The molecule has 3 nitrogen and oxygen atoms in total. The molecule has 0 heterocycles. The summed E-state index contributed by atoms with van der Waals surface area (Å²) in [5, 5.41) is 17.7. The van der Waals surface area contributed by atoms with Gasteiger partial charge in [0.15, 0.2) is 0 Å². The Labute approximate surface area is 339 Å². The first-order valence-corrected chi connectivity index (χ1v) is 20.1. The Hall–Kier alpha value is -6.88. The molecule has 0 aliphatic carbocycles. The van der Waals surface area contributed by atoms with Crippen LogP contribution in [0.25, 0.3) is 76.5 Å². The summed E-state index contributed by atoms with van der Waals surface area (Å²) in [6.45, 7) is 0.652. The summed E-state index contributed by atoms with van der Waals surface area (Å²) in [6.07, 6.45) is -0.627. The second kappa shape index (κ2) is 15.6. The van der Waals surface area contributed by atoms with Crippen LogP contribution >= 0.6 is 0 Å². The van der Waals surface area contributed by atoms with Crippen LogP contribution in [0.4, 0.5) is 0 Å². The zero-order valence-electron chi connectivity index (χ0n) is 32.1. The molecule has 0 radical (unpaired) electrons. The van der Waals surface area contributed by atoms with Crippen molar-refractivity contribution >= 4 is 43.1 Å². The van der Waals surface area contributed by atoms with Crippen molar-refractivity contribution in [3.05, 3.63) is 229 Å². The summed E-state index contributed by atoms with van der Waals surface area (Å²) < 4.78 is 0. The van der Waals surface area contributed by atoms with E-state index in [-0.39, 0.29) is 6.17 Å². The van der Waals surface area contributed by atoms with Crippen LogP contribution in [-0.4, -0.2) is 0 Å². The summed E-state index contributed by atoms with van der Waals surface area (Å²) in [6, 6.07) is 76.3. The molecule has 0 amide bonds. The quantitative estimate of drug-likeness (QED) is 0.0742. The molecular weight excluding hydrogens is 703 g/mol. The van der Waals surface area contributed by atoms with Gasteiger partial charge in [0.2, 0.25) is 0 Å². The molecule has 0 saturated carbocycles. The largest absolute Gasteiger partial charge is 0.312 e. The van der Waals surface area contributed by atoms with Gasteiger partial charge in [0.25, 0.3) is 0 Å². The third-order valence-electron chi connectivity index (χ3n) is 11.6. The molecule has 3 heteroatoms. The van der Waals surface area contributed by atoms with Crippen molar-refractivity contribution in [3.8, 4) is 33.4 Å². The zero-order valence-corrected chi connectivity index (χ0v) is 32.1. The van der Waals surface area contributed by atoms with Gasteiger partial charge in [-0.05, 0) is 111 Å². The Kier molecular flexibility index (Phi) is 9.54. The van der Waals surface area contributed by atoms with E-state index < -0.39 is 6.17 Å². The maximum Gasteiger partial charge on any atom is 0.0858 e. The van der Waals surface area contributed by atoms with E-state index in [4.69, 9.17) is 5.73 Å². The lowest BCUT2D eigenvalue weighted by Crippen LogP contribution is -2.40. The van der Waals surface area contributed by atoms with Crippen molar-refractivity contribution in [2.45, 2.75) is 18.9 Å². The highest BCUT2D eigenvalue weighted by Crippen LogP contribution is 2.40. The standard InChI is InChI=1S/C55H43N3/c56-54(42-27-25-39(26-28-42)38-13-3-1-4-14-38)58-55(51-22-12-11-19-47(51)40-15-5-2-6-16-40)57-36-37-23-24-44-34-46(30-29-43(44)33-37)53-49-21-10-8-18-45(49)35-52-48-20-9-7-17-41(48)31-32-50(52)53/h1-35,54-55,57-58H,36,56H2. The van der Waals surface area contributed by atoms with Gasteiger partial charge in [0, 0.05) is 6.54 Å². The highest BCUT2D eigenvalue weighted by Gasteiger charge is 2.20. The lowest BCUT2D eigenvalue weighted by atomic mass is 9.89. The molecule has 0 fully saturated rings. The first-order chi connectivity index (χ1) is 28.7. The topological polar surface area (TPSA) is 50.1 Å². The van der Waals surface area contributed by atoms with Crippen LogP contribution in [0.2, 0.25) is 0 Å². The normalized spacial score (nSPS) is 12.6. The van der Waals surface area contributed by atoms with Crippen molar-refractivity contribution in [2.24, 2.45) is 5.73 Å². The molecule has 2 unspecified atom stereocenters. The monoisotopic (exact) mass is 745 g/mol. The SMILES string of the molecule is NC(NC(NCc1ccc2cc(-c3c4ccccc4cc4c3ccc3ccccc34)ccc2c1)c1ccccc1-c1ccccc1)c1ccc(-c2ccccc2)cc1. The van der Waals surface area contributed by atoms with E-state index in [1.165, 1.54) is 82.0 Å². The van der Waals surface area contributed by atoms with E-state index in [9.17, 15) is 0 Å². The molecule has 278 valence electrons. The second-order valence-electron chi connectivity index (χ2n) is 15.2. The van der Waals surface area contributed by atoms with Crippen LogP contribution in [-0.2, 0) is 6.54 Å². The number of nitrogens with one attached hydrogen (secondary N) is 2. The number of nitrogens with two attached hydrogens (primary N) is 1. The number of hydrogen-bond acceptors (Lipinski definition) is 3. The Morgan fingerprint density at radius 1 is 0.397 bits per heavy atom. The maximum absolute atomic E-state index is 6.96. The number of benzene rings is 10. The van der Waals surface area contributed by atoms with Crippen LogP contribution in [0, 0.1) is 0 Å². The first-order valence-electron chi connectivity index (χ1n) is 20.1. The van der Waals surface area contributed by atoms with Crippen LogP contribution < -0.4 is 16.4 Å². The van der Waals surface area contributed by atoms with Crippen LogP contribution in [0.1, 0.15) is 29.0 Å². The Morgan fingerprint density at radius 2 is 1.00 bits per heavy atom. The van der Waals surface area contributed by atoms with E-state index in [2.05, 4.69) is 217 Å². The third kappa shape index (κ3) is 6.93. The van der Waals surface area contributed by atoms with Gasteiger partial charge in [-0.1, -0.05) is 194 Å². The minimum absolute atomic E-state index is 0.228. The molecule has 0 aromatic heterocycles. The Balaban J connectivity index is 0.966. The average molecular weight is 746 g/mol. The van der Waals surface area contributed by atoms with Gasteiger partial charge >= 0.3 is 0 Å². The molecule has 0 saturated heterocycles. The smallest absolute Gasteiger partial charge is 0.0858 e. The van der Waals surface area contributed by atoms with Crippen molar-refractivity contribution in [2.75, 3.05) is 0 Å². The summed E-state index contributed by atoms with van der Waals surface area (Å²) in [4.78, 5) is 0. The first kappa shape index (κ1) is 35.5. The van der Waals surface area contributed by atoms with E-state index in [0.717, 1.165) is 11.1 Å². The molecule has 2 atom stereocenters. The maximum atomic E-state index is 6.96. The van der Waals surface area contributed by atoms with Crippen molar-refractivity contribution in [1.29, 1.82) is 0 Å². The predicted molar refractivity (Wildman–Crippen MR) is 245 cm³/mol. The molecule has 10 rings (SSSR count). The number of hydrogen-bond donors (Lipinski definition) is 3. The molecule has 0 spiro atoms. The van der Waals surface area contributed by atoms with Gasteiger partial charge in [-0.3, -0.25) is 10.6 Å². The molecule has 0 bridgehead atoms. The molecule has 4 N–H and O–H groups in total. The minimum atomic E-state index is -0.399. The fourth-order valence-corrected chi connectivity index (χ4v) is 8.59. The number of rotatable bonds is 10. The van der Waals surface area contributed by atoms with Gasteiger partial charge in [-0.2, -0.15) is 0 Å². The summed E-state index contributed by atoms with van der Waals surface area (Å²) in [5.41, 5.74) is 17.5. The Bertz CT molecular complexity index is 3050. The van der Waals surface area contributed by atoms with Gasteiger partial charge in [-0.25, -0.2) is 0 Å². The fourth-order valence-electron chi connectivity index (χ4n) is 8.59. The molecular formula is C55H43N3. The van der Waals surface area contributed by atoms with Crippen molar-refractivity contribution in [3.63, 3.8) is 0 Å². The van der Waals surface area contributed by atoms with Crippen LogP contribution in [0.3, 0.4) is 0 Å². The van der Waals surface area contributed by atoms with E-state index in [1.54, 1.807) is 0 Å². The molecule has 10 aromatic rings. The summed E-state index contributed by atoms with van der Waals surface area (Å²) in [5.74, 6) is 0. The zero-order chi connectivity index (χ0) is 38.8. The fraction of sp³-hybridized carbons (Fsp3) is 0.0545. The molecule has 0 aliphatic rings. The highest BCUT2D eigenvalue weighted by atomic mass is 15.2. The van der Waals surface area contributed by atoms with Gasteiger partial charge in [0.05, 0.1) is 12.3 Å². The molecule has 10 aromatic carbocycles. The van der Waals surface area contributed by atoms with Crippen molar-refractivity contribution < 1.29 is 0 Å². The van der Waals surface area contributed by atoms with Gasteiger partial charge in [-0.15, -0.1) is 0 Å². The van der Waals surface area contributed by atoms with Gasteiger partial charge in [0.1, 0.15) is 0 Å². The number of fused-ring (bicyclic) bond motifs is 5. The summed E-state index contributed by atoms with van der Waals surface area (Å²) >= 11 is 0. The van der Waals surface area contributed by atoms with Crippen LogP contribution in [0.15, 0.2) is 212 Å². The summed E-state index contributed by atoms with van der Waals surface area (Å²) in [7, 11) is 0. The highest BCUT2D eigenvalue weighted by molar-refractivity contribution is 6.20. The van der Waals surface area contributed by atoms with Crippen LogP contribution in [0.5, 0.6) is 0 Å². The van der Waals surface area contributed by atoms with E-state index in [0.29, 0.717) is 6.54 Å².